The van der Waals surface area contributed by atoms with Crippen LogP contribution < -0.4 is 14.9 Å². The molecule has 2 heterocycles. The number of carbonyl (C=O) groups excluding carboxylic acids is 2. The van der Waals surface area contributed by atoms with Crippen molar-refractivity contribution >= 4 is 18.0 Å². The van der Waals surface area contributed by atoms with Gasteiger partial charge in [0, 0.05) is 18.7 Å². The van der Waals surface area contributed by atoms with Crippen molar-refractivity contribution in [1.29, 1.82) is 0 Å². The number of nitrogens with zero attached hydrogens (tertiary/aromatic N) is 6. The number of hydrogen-bond acceptors (Lipinski definition) is 8. The van der Waals surface area contributed by atoms with Gasteiger partial charge >= 0.3 is 0 Å². The van der Waals surface area contributed by atoms with E-state index in [1.165, 1.54) is 11.0 Å². The van der Waals surface area contributed by atoms with E-state index in [1.54, 1.807) is 18.2 Å². The summed E-state index contributed by atoms with van der Waals surface area (Å²) in [5.41, 5.74) is 3.96. The zero-order valence-electron chi connectivity index (χ0n) is 20.2. The molecule has 1 N–H and O–H groups in total. The summed E-state index contributed by atoms with van der Waals surface area (Å²) in [4.78, 5) is 27.7. The molecule has 11 nitrogen and oxygen atoms in total. The summed E-state index contributed by atoms with van der Waals surface area (Å²) in [6, 6.07) is 14.6. The summed E-state index contributed by atoms with van der Waals surface area (Å²) < 4.78 is 11.4. The van der Waals surface area contributed by atoms with E-state index in [-0.39, 0.29) is 19.1 Å². The molecule has 1 fully saturated rings. The minimum absolute atomic E-state index is 0.0248. The number of benzene rings is 2. The van der Waals surface area contributed by atoms with E-state index in [0.717, 1.165) is 37.9 Å². The number of likely N-dealkylation sites (tertiary alicyclic amines) is 1. The van der Waals surface area contributed by atoms with Crippen molar-refractivity contribution < 1.29 is 19.1 Å². The van der Waals surface area contributed by atoms with Crippen molar-refractivity contribution in [3.05, 3.63) is 54.1 Å². The van der Waals surface area contributed by atoms with Crippen LogP contribution in [0, 0.1) is 0 Å². The highest BCUT2D eigenvalue weighted by atomic mass is 16.5. The van der Waals surface area contributed by atoms with Gasteiger partial charge in [-0.05, 0) is 55.2 Å². The molecule has 0 radical (unpaired) electrons. The van der Waals surface area contributed by atoms with Crippen LogP contribution in [0.15, 0.2) is 53.6 Å². The SMILES string of the molecule is CCOc1cc(/C=N/NC(=O)Cn2nnc(-c3ccccc3)n2)ccc1OCC(=O)N1CCCCC1. The second kappa shape index (κ2) is 12.4. The van der Waals surface area contributed by atoms with E-state index in [9.17, 15) is 9.59 Å². The highest BCUT2D eigenvalue weighted by Crippen LogP contribution is 2.28. The molecule has 1 aliphatic heterocycles. The Morgan fingerprint density at radius 2 is 1.86 bits per heavy atom. The number of rotatable bonds is 10. The van der Waals surface area contributed by atoms with Crippen molar-refractivity contribution in [3.63, 3.8) is 0 Å². The van der Waals surface area contributed by atoms with E-state index in [0.29, 0.717) is 29.5 Å². The highest BCUT2D eigenvalue weighted by Gasteiger charge is 2.18. The third kappa shape index (κ3) is 6.87. The van der Waals surface area contributed by atoms with Gasteiger partial charge < -0.3 is 14.4 Å². The fraction of sp³-hybridized carbons (Fsp3) is 0.360. The second-order valence-corrected chi connectivity index (χ2v) is 8.17. The number of ether oxygens (including phenoxy) is 2. The summed E-state index contributed by atoms with van der Waals surface area (Å²) in [5, 5.41) is 16.1. The Balaban J connectivity index is 1.30. The Kier molecular flexibility index (Phi) is 8.57. The van der Waals surface area contributed by atoms with E-state index >= 15 is 0 Å². The summed E-state index contributed by atoms with van der Waals surface area (Å²) in [7, 11) is 0. The maximum atomic E-state index is 12.4. The molecule has 2 aromatic carbocycles. The van der Waals surface area contributed by atoms with Crippen LogP contribution in [-0.4, -0.2) is 69.4 Å². The molecule has 2 amide bonds. The molecule has 0 spiro atoms. The van der Waals surface area contributed by atoms with Gasteiger partial charge in [0.2, 0.25) is 5.82 Å². The molecular formula is C25H29N7O4. The van der Waals surface area contributed by atoms with Crippen LogP contribution in [0.1, 0.15) is 31.7 Å². The number of nitrogens with one attached hydrogen (secondary N) is 1. The van der Waals surface area contributed by atoms with Crippen molar-refractivity contribution in [2.24, 2.45) is 5.10 Å². The lowest BCUT2D eigenvalue weighted by molar-refractivity contribution is -0.134. The average Bonchev–Trinajstić information content (AvgIpc) is 3.37. The number of hydrazone groups is 1. The molecule has 3 aromatic rings. The normalized spacial score (nSPS) is 13.5. The van der Waals surface area contributed by atoms with Gasteiger partial charge in [-0.1, -0.05) is 30.3 Å². The third-order valence-corrected chi connectivity index (χ3v) is 5.50. The molecule has 0 bridgehead atoms. The lowest BCUT2D eigenvalue weighted by Gasteiger charge is -2.26. The Hall–Kier alpha value is -4.28. The summed E-state index contributed by atoms with van der Waals surface area (Å²) in [5.74, 6) is 0.998. The predicted octanol–water partition coefficient (Wildman–Crippen LogP) is 2.28. The van der Waals surface area contributed by atoms with Crippen LogP contribution in [0.2, 0.25) is 0 Å². The first-order valence-corrected chi connectivity index (χ1v) is 11.9. The number of amides is 2. The van der Waals surface area contributed by atoms with Gasteiger partial charge in [0.25, 0.3) is 11.8 Å². The standard InChI is InChI=1S/C25H29N7O4/c1-2-35-22-15-19(11-12-21(22)36-18-24(34)31-13-7-4-8-14-31)16-26-27-23(33)17-32-29-25(28-30-32)20-9-5-3-6-10-20/h3,5-6,9-12,15-16H,2,4,7-8,13-14,17-18H2,1H3,(H,27,33)/b26-16+. The van der Waals surface area contributed by atoms with Gasteiger partial charge in [-0.2, -0.15) is 9.90 Å². The number of hydrogen-bond donors (Lipinski definition) is 1. The van der Waals surface area contributed by atoms with E-state index in [4.69, 9.17) is 9.47 Å². The van der Waals surface area contributed by atoms with Crippen LogP contribution in [0.3, 0.4) is 0 Å². The summed E-state index contributed by atoms with van der Waals surface area (Å²) in [6.45, 7) is 3.70. The van der Waals surface area contributed by atoms with Gasteiger partial charge in [-0.25, -0.2) is 5.43 Å². The largest absolute Gasteiger partial charge is 0.490 e. The monoisotopic (exact) mass is 491 g/mol. The minimum atomic E-state index is -0.399. The fourth-order valence-corrected chi connectivity index (χ4v) is 3.72. The van der Waals surface area contributed by atoms with Crippen LogP contribution in [0.4, 0.5) is 0 Å². The molecule has 188 valence electrons. The van der Waals surface area contributed by atoms with Crippen molar-refractivity contribution in [2.45, 2.75) is 32.7 Å². The Labute approximate surface area is 209 Å². The van der Waals surface area contributed by atoms with Crippen LogP contribution in [0.25, 0.3) is 11.4 Å². The molecule has 1 aromatic heterocycles. The van der Waals surface area contributed by atoms with E-state index in [2.05, 4.69) is 25.9 Å². The number of aromatic nitrogens is 4. The Morgan fingerprint density at radius 1 is 1.06 bits per heavy atom. The first kappa shape index (κ1) is 24.8. The molecule has 4 rings (SSSR count). The van der Waals surface area contributed by atoms with Crippen LogP contribution >= 0.6 is 0 Å². The third-order valence-electron chi connectivity index (χ3n) is 5.50. The lowest BCUT2D eigenvalue weighted by atomic mass is 10.1. The summed E-state index contributed by atoms with van der Waals surface area (Å²) in [6.07, 6.45) is 4.72. The second-order valence-electron chi connectivity index (χ2n) is 8.17. The van der Waals surface area contributed by atoms with E-state index in [1.807, 2.05) is 42.2 Å². The lowest BCUT2D eigenvalue weighted by Crippen LogP contribution is -2.38. The molecule has 0 atom stereocenters. The molecule has 36 heavy (non-hydrogen) atoms. The fourth-order valence-electron chi connectivity index (χ4n) is 3.72. The molecule has 11 heteroatoms. The highest BCUT2D eigenvalue weighted by molar-refractivity contribution is 5.83. The molecule has 1 saturated heterocycles. The predicted molar refractivity (Wildman–Crippen MR) is 133 cm³/mol. The average molecular weight is 492 g/mol. The van der Waals surface area contributed by atoms with Crippen LogP contribution in [-0.2, 0) is 16.1 Å². The van der Waals surface area contributed by atoms with Crippen molar-refractivity contribution in [2.75, 3.05) is 26.3 Å². The van der Waals surface area contributed by atoms with Gasteiger partial charge in [0.05, 0.1) is 12.8 Å². The summed E-state index contributed by atoms with van der Waals surface area (Å²) >= 11 is 0. The number of tetrazole rings is 1. The number of piperidine rings is 1. The molecule has 1 aliphatic rings. The minimum Gasteiger partial charge on any atom is -0.490 e. The first-order chi connectivity index (χ1) is 17.6. The molecule has 0 unspecified atom stereocenters. The maximum absolute atomic E-state index is 12.4. The topological polar surface area (TPSA) is 124 Å². The molecule has 0 aliphatic carbocycles. The molecule has 0 saturated carbocycles. The van der Waals surface area contributed by atoms with Gasteiger partial charge in [0.15, 0.2) is 18.1 Å². The first-order valence-electron chi connectivity index (χ1n) is 11.9. The zero-order chi connectivity index (χ0) is 25.2. The quantitative estimate of drug-likeness (QED) is 0.341. The Bertz CT molecular complexity index is 1190. The van der Waals surface area contributed by atoms with Crippen LogP contribution in [0.5, 0.6) is 11.5 Å². The van der Waals surface area contributed by atoms with Crippen molar-refractivity contribution in [1.82, 2.24) is 30.5 Å². The molecular weight excluding hydrogens is 462 g/mol. The maximum Gasteiger partial charge on any atom is 0.263 e. The zero-order valence-corrected chi connectivity index (χ0v) is 20.2. The Morgan fingerprint density at radius 3 is 2.64 bits per heavy atom. The smallest absolute Gasteiger partial charge is 0.263 e. The van der Waals surface area contributed by atoms with Crippen molar-refractivity contribution in [3.8, 4) is 22.9 Å². The van der Waals surface area contributed by atoms with Gasteiger partial charge in [-0.3, -0.25) is 9.59 Å². The number of carbonyl (C=O) groups is 2. The van der Waals surface area contributed by atoms with Gasteiger partial charge in [-0.15, -0.1) is 10.2 Å². The van der Waals surface area contributed by atoms with Gasteiger partial charge in [0.1, 0.15) is 6.54 Å². The van der Waals surface area contributed by atoms with E-state index < -0.39 is 5.91 Å².